The zero-order valence-electron chi connectivity index (χ0n) is 16.0. The maximum absolute atomic E-state index is 12.8. The van der Waals surface area contributed by atoms with Crippen molar-refractivity contribution in [3.63, 3.8) is 0 Å². The lowest BCUT2D eigenvalue weighted by Crippen LogP contribution is -2.50. The lowest BCUT2D eigenvalue weighted by molar-refractivity contribution is 0.0916. The van der Waals surface area contributed by atoms with Crippen LogP contribution in [0.4, 0.5) is 5.69 Å². The highest BCUT2D eigenvalue weighted by atomic mass is 35.5. The number of ether oxygens (including phenoxy) is 1. The van der Waals surface area contributed by atoms with Crippen molar-refractivity contribution in [2.75, 3.05) is 25.5 Å². The molecule has 2 amide bonds. The van der Waals surface area contributed by atoms with Crippen molar-refractivity contribution < 1.29 is 14.3 Å². The molecule has 0 aliphatic carbocycles. The standard InChI is InChI=1S/C21H25N3O3.ClH/c1-14-11-12-22-13-19(14)24-21(26)17-5-3-4-6-18(17)23-20(25)15-7-9-16(27-2)10-8-15;/h3-10,14,19,22H,11-13H2,1-2H3,(H,23,25)(H,24,26);1H. The molecule has 1 saturated heterocycles. The van der Waals surface area contributed by atoms with Crippen LogP contribution >= 0.6 is 12.4 Å². The van der Waals surface area contributed by atoms with E-state index in [9.17, 15) is 9.59 Å². The third-order valence-electron chi connectivity index (χ3n) is 4.92. The van der Waals surface area contributed by atoms with Crippen molar-refractivity contribution in [1.82, 2.24) is 10.6 Å². The van der Waals surface area contributed by atoms with E-state index in [0.29, 0.717) is 28.5 Å². The van der Waals surface area contributed by atoms with Crippen molar-refractivity contribution in [3.8, 4) is 5.75 Å². The van der Waals surface area contributed by atoms with E-state index in [1.807, 2.05) is 0 Å². The van der Waals surface area contributed by atoms with Crippen LogP contribution in [-0.4, -0.2) is 38.1 Å². The first-order valence-corrected chi connectivity index (χ1v) is 9.14. The van der Waals surface area contributed by atoms with Gasteiger partial charge in [0, 0.05) is 18.2 Å². The Hall–Kier alpha value is -2.57. The van der Waals surface area contributed by atoms with Gasteiger partial charge in [-0.15, -0.1) is 12.4 Å². The lowest BCUT2D eigenvalue weighted by Gasteiger charge is -2.30. The smallest absolute Gasteiger partial charge is 0.255 e. The van der Waals surface area contributed by atoms with Crippen molar-refractivity contribution >= 4 is 29.9 Å². The second-order valence-electron chi connectivity index (χ2n) is 6.78. The summed E-state index contributed by atoms with van der Waals surface area (Å²) in [5, 5.41) is 9.23. The van der Waals surface area contributed by atoms with Crippen molar-refractivity contribution in [2.24, 2.45) is 5.92 Å². The number of methoxy groups -OCH3 is 1. The number of carbonyl (C=O) groups is 2. The average Bonchev–Trinajstić information content (AvgIpc) is 2.70. The summed E-state index contributed by atoms with van der Waals surface area (Å²) in [7, 11) is 1.58. The van der Waals surface area contributed by atoms with Gasteiger partial charge in [0.25, 0.3) is 11.8 Å². The van der Waals surface area contributed by atoms with Crippen LogP contribution in [0, 0.1) is 5.92 Å². The maximum atomic E-state index is 12.8. The Balaban J connectivity index is 0.00000280. The van der Waals surface area contributed by atoms with E-state index in [4.69, 9.17) is 4.74 Å². The van der Waals surface area contributed by atoms with Gasteiger partial charge in [0.2, 0.25) is 0 Å². The molecule has 7 heteroatoms. The molecule has 0 saturated carbocycles. The van der Waals surface area contributed by atoms with Gasteiger partial charge in [-0.1, -0.05) is 19.1 Å². The monoisotopic (exact) mass is 403 g/mol. The predicted molar refractivity (Wildman–Crippen MR) is 113 cm³/mol. The van der Waals surface area contributed by atoms with E-state index in [1.165, 1.54) is 0 Å². The van der Waals surface area contributed by atoms with Gasteiger partial charge in [-0.25, -0.2) is 0 Å². The molecule has 1 fully saturated rings. The Morgan fingerprint density at radius 3 is 2.46 bits per heavy atom. The number of piperidine rings is 1. The molecule has 150 valence electrons. The molecular weight excluding hydrogens is 378 g/mol. The van der Waals surface area contributed by atoms with Gasteiger partial charge >= 0.3 is 0 Å². The van der Waals surface area contributed by atoms with E-state index in [2.05, 4.69) is 22.9 Å². The van der Waals surface area contributed by atoms with Gasteiger partial charge < -0.3 is 20.7 Å². The molecule has 1 aliphatic rings. The number of hydrogen-bond donors (Lipinski definition) is 3. The third kappa shape index (κ3) is 5.24. The number of para-hydroxylation sites is 1. The van der Waals surface area contributed by atoms with E-state index in [-0.39, 0.29) is 30.3 Å². The fraction of sp³-hybridized carbons (Fsp3) is 0.333. The van der Waals surface area contributed by atoms with Gasteiger partial charge in [-0.3, -0.25) is 9.59 Å². The molecule has 0 radical (unpaired) electrons. The summed E-state index contributed by atoms with van der Waals surface area (Å²) in [6.07, 6.45) is 1.03. The molecule has 2 aromatic rings. The lowest BCUT2D eigenvalue weighted by atomic mass is 9.94. The molecule has 28 heavy (non-hydrogen) atoms. The van der Waals surface area contributed by atoms with E-state index < -0.39 is 0 Å². The summed E-state index contributed by atoms with van der Waals surface area (Å²) in [5.74, 6) is 0.643. The first-order chi connectivity index (χ1) is 13.1. The van der Waals surface area contributed by atoms with Crippen LogP contribution in [0.15, 0.2) is 48.5 Å². The first-order valence-electron chi connectivity index (χ1n) is 9.14. The molecule has 0 bridgehead atoms. The fourth-order valence-electron chi connectivity index (χ4n) is 3.16. The Morgan fingerprint density at radius 1 is 1.07 bits per heavy atom. The molecule has 3 N–H and O–H groups in total. The summed E-state index contributed by atoms with van der Waals surface area (Å²) in [5.41, 5.74) is 1.44. The van der Waals surface area contributed by atoms with Crippen LogP contribution in [0.5, 0.6) is 5.75 Å². The Kier molecular flexibility index (Phi) is 7.84. The number of benzene rings is 2. The summed E-state index contributed by atoms with van der Waals surface area (Å²) >= 11 is 0. The summed E-state index contributed by atoms with van der Waals surface area (Å²) in [6.45, 7) is 3.87. The van der Waals surface area contributed by atoms with Crippen molar-refractivity contribution in [2.45, 2.75) is 19.4 Å². The van der Waals surface area contributed by atoms with Crippen LogP contribution in [0.3, 0.4) is 0 Å². The molecule has 1 aliphatic heterocycles. The second-order valence-corrected chi connectivity index (χ2v) is 6.78. The maximum Gasteiger partial charge on any atom is 0.255 e. The molecule has 2 unspecified atom stereocenters. The predicted octanol–water partition coefficient (Wildman–Crippen LogP) is 3.10. The zero-order valence-corrected chi connectivity index (χ0v) is 16.8. The van der Waals surface area contributed by atoms with Gasteiger partial charge in [0.15, 0.2) is 0 Å². The Labute approximate surface area is 171 Å². The molecule has 3 rings (SSSR count). The van der Waals surface area contributed by atoms with E-state index in [1.54, 1.807) is 55.6 Å². The van der Waals surface area contributed by atoms with Crippen LogP contribution in [0.1, 0.15) is 34.1 Å². The van der Waals surface area contributed by atoms with Crippen LogP contribution in [0.25, 0.3) is 0 Å². The molecule has 6 nitrogen and oxygen atoms in total. The van der Waals surface area contributed by atoms with Crippen LogP contribution < -0.4 is 20.7 Å². The fourth-order valence-corrected chi connectivity index (χ4v) is 3.16. The first kappa shape index (κ1) is 21.7. The van der Waals surface area contributed by atoms with Crippen molar-refractivity contribution in [3.05, 3.63) is 59.7 Å². The minimum Gasteiger partial charge on any atom is -0.497 e. The summed E-state index contributed by atoms with van der Waals surface area (Å²) in [6, 6.07) is 14.0. The molecule has 1 heterocycles. The van der Waals surface area contributed by atoms with E-state index >= 15 is 0 Å². The van der Waals surface area contributed by atoms with E-state index in [0.717, 1.165) is 19.5 Å². The summed E-state index contributed by atoms with van der Waals surface area (Å²) in [4.78, 5) is 25.3. The third-order valence-corrected chi connectivity index (χ3v) is 4.92. The normalized spacial score (nSPS) is 18.5. The topological polar surface area (TPSA) is 79.5 Å². The highest BCUT2D eigenvalue weighted by Gasteiger charge is 2.24. The Bertz CT molecular complexity index is 811. The summed E-state index contributed by atoms with van der Waals surface area (Å²) < 4.78 is 5.11. The largest absolute Gasteiger partial charge is 0.497 e. The number of halogens is 1. The van der Waals surface area contributed by atoms with Crippen molar-refractivity contribution in [1.29, 1.82) is 0 Å². The number of nitrogens with one attached hydrogen (secondary N) is 3. The minimum atomic E-state index is -0.273. The molecule has 0 aromatic heterocycles. The molecule has 2 aromatic carbocycles. The quantitative estimate of drug-likeness (QED) is 0.716. The van der Waals surface area contributed by atoms with Gasteiger partial charge in [-0.2, -0.15) is 0 Å². The molecular formula is C21H26ClN3O3. The molecule has 0 spiro atoms. The minimum absolute atomic E-state index is 0. The number of anilines is 1. The van der Waals surface area contributed by atoms with Gasteiger partial charge in [0.05, 0.1) is 18.4 Å². The van der Waals surface area contributed by atoms with Crippen LogP contribution in [-0.2, 0) is 0 Å². The van der Waals surface area contributed by atoms with Gasteiger partial charge in [-0.05, 0) is 55.3 Å². The van der Waals surface area contributed by atoms with Crippen LogP contribution in [0.2, 0.25) is 0 Å². The highest BCUT2D eigenvalue weighted by molar-refractivity contribution is 6.09. The average molecular weight is 404 g/mol. The number of amides is 2. The zero-order chi connectivity index (χ0) is 19.2. The highest BCUT2D eigenvalue weighted by Crippen LogP contribution is 2.19. The number of rotatable bonds is 5. The molecule has 2 atom stereocenters. The number of carbonyl (C=O) groups excluding carboxylic acids is 2. The van der Waals surface area contributed by atoms with Gasteiger partial charge in [0.1, 0.15) is 5.75 Å². The number of hydrogen-bond acceptors (Lipinski definition) is 4. The Morgan fingerprint density at radius 2 is 1.79 bits per heavy atom. The second kappa shape index (κ2) is 10.1. The SMILES string of the molecule is COc1ccc(C(=O)Nc2ccccc2C(=O)NC2CNCCC2C)cc1.Cl.